The minimum absolute atomic E-state index is 0.0385. The molecule has 0 aliphatic heterocycles. The third-order valence-corrected chi connectivity index (χ3v) is 4.68. The summed E-state index contributed by atoms with van der Waals surface area (Å²) in [6.45, 7) is 10.3. The zero-order valence-corrected chi connectivity index (χ0v) is 20.9. The SMILES string of the molecule is C=CN(C/C=C/c1cccc(OCCC)c1)/C(=C\CCCl)C(=O)c1ccc(C)cc1.CC(=O)O. The van der Waals surface area contributed by atoms with E-state index in [4.69, 9.17) is 26.2 Å². The first-order chi connectivity index (χ1) is 16.3. The number of Topliss-reactive ketones (excluding diaryl/α,β-unsaturated/α-hetero) is 1. The van der Waals surface area contributed by atoms with Gasteiger partial charge in [-0.05, 0) is 43.7 Å². The second-order valence-corrected chi connectivity index (χ2v) is 7.82. The van der Waals surface area contributed by atoms with Gasteiger partial charge in [0.1, 0.15) is 5.75 Å². The summed E-state index contributed by atoms with van der Waals surface area (Å²) in [6.07, 6.45) is 9.17. The van der Waals surface area contributed by atoms with Crippen LogP contribution >= 0.6 is 11.6 Å². The number of aryl methyl sites for hydroxylation is 1. The molecule has 182 valence electrons. The first-order valence-electron chi connectivity index (χ1n) is 11.2. The fourth-order valence-corrected chi connectivity index (χ4v) is 3.00. The fraction of sp³-hybridized carbons (Fsp3) is 0.286. The number of hydrogen-bond donors (Lipinski definition) is 1. The largest absolute Gasteiger partial charge is 0.494 e. The standard InChI is InChI=1S/C26H30ClNO2.C2H4O2/c1-4-19-30-24-11-6-9-22(20-24)10-8-18-28(5-2)25(12-7-17-27)26(29)23-15-13-21(3)14-16-23;1-2(3)4/h5-6,8-16,20H,2,4,7,17-19H2,1,3H3;1H3,(H,3,4)/b10-8+,25-12-;. The summed E-state index contributed by atoms with van der Waals surface area (Å²) in [5.74, 6) is 0.441. The molecule has 0 amide bonds. The molecule has 0 atom stereocenters. The van der Waals surface area contributed by atoms with Crippen LogP contribution in [0.2, 0.25) is 0 Å². The molecule has 6 heteroatoms. The molecule has 0 spiro atoms. The Morgan fingerprint density at radius 3 is 2.44 bits per heavy atom. The van der Waals surface area contributed by atoms with E-state index in [9.17, 15) is 4.79 Å². The molecule has 2 rings (SSSR count). The average molecular weight is 484 g/mol. The number of allylic oxidation sites excluding steroid dienone is 2. The summed E-state index contributed by atoms with van der Waals surface area (Å²) in [5, 5.41) is 7.42. The minimum Gasteiger partial charge on any atom is -0.494 e. The number of hydrogen-bond acceptors (Lipinski definition) is 4. The van der Waals surface area contributed by atoms with Gasteiger partial charge in [-0.2, -0.15) is 0 Å². The van der Waals surface area contributed by atoms with Crippen LogP contribution in [0.3, 0.4) is 0 Å². The number of benzene rings is 2. The van der Waals surface area contributed by atoms with Gasteiger partial charge in [-0.1, -0.05) is 73.7 Å². The topological polar surface area (TPSA) is 66.8 Å². The van der Waals surface area contributed by atoms with Crippen molar-refractivity contribution in [1.82, 2.24) is 4.90 Å². The number of alkyl halides is 1. The summed E-state index contributed by atoms with van der Waals surface area (Å²) in [6, 6.07) is 15.5. The Hall–Kier alpha value is -3.31. The number of ketones is 1. The minimum atomic E-state index is -0.833. The molecule has 0 bridgehead atoms. The maximum absolute atomic E-state index is 13.1. The molecule has 2 aromatic rings. The van der Waals surface area contributed by atoms with E-state index in [1.807, 2.05) is 78.6 Å². The third-order valence-electron chi connectivity index (χ3n) is 4.47. The number of halogens is 1. The van der Waals surface area contributed by atoms with Crippen LogP contribution in [0, 0.1) is 6.92 Å². The third kappa shape index (κ3) is 11.0. The van der Waals surface area contributed by atoms with E-state index in [-0.39, 0.29) is 5.78 Å². The van der Waals surface area contributed by atoms with E-state index in [0.717, 1.165) is 30.2 Å². The second-order valence-electron chi connectivity index (χ2n) is 7.44. The van der Waals surface area contributed by atoms with Crippen molar-refractivity contribution < 1.29 is 19.4 Å². The number of ether oxygens (including phenoxy) is 1. The first-order valence-corrected chi connectivity index (χ1v) is 11.7. The van der Waals surface area contributed by atoms with E-state index in [2.05, 4.69) is 13.5 Å². The van der Waals surface area contributed by atoms with Crippen molar-refractivity contribution in [2.75, 3.05) is 19.0 Å². The Morgan fingerprint density at radius 1 is 1.18 bits per heavy atom. The highest BCUT2D eigenvalue weighted by Crippen LogP contribution is 2.17. The molecule has 34 heavy (non-hydrogen) atoms. The zero-order chi connectivity index (χ0) is 25.3. The van der Waals surface area contributed by atoms with E-state index < -0.39 is 5.97 Å². The number of nitrogens with zero attached hydrogens (tertiary/aromatic N) is 1. The van der Waals surface area contributed by atoms with Gasteiger partial charge in [0.05, 0.1) is 12.3 Å². The number of carboxylic acid groups (broad SMARTS) is 1. The average Bonchev–Trinajstić information content (AvgIpc) is 2.82. The molecule has 0 saturated carbocycles. The monoisotopic (exact) mass is 483 g/mol. The molecule has 0 unspecified atom stereocenters. The molecule has 0 aromatic heterocycles. The molecule has 2 aromatic carbocycles. The highest BCUT2D eigenvalue weighted by Gasteiger charge is 2.16. The lowest BCUT2D eigenvalue weighted by atomic mass is 10.0. The molecule has 0 radical (unpaired) electrons. The van der Waals surface area contributed by atoms with Gasteiger partial charge in [-0.15, -0.1) is 11.6 Å². The van der Waals surface area contributed by atoms with Crippen molar-refractivity contribution in [3.05, 3.63) is 95.8 Å². The van der Waals surface area contributed by atoms with Crippen molar-refractivity contribution in [1.29, 1.82) is 0 Å². The molecule has 0 fully saturated rings. The van der Waals surface area contributed by atoms with Crippen molar-refractivity contribution >= 4 is 29.4 Å². The van der Waals surface area contributed by atoms with Crippen LogP contribution in [0.5, 0.6) is 5.75 Å². The molecule has 1 N–H and O–H groups in total. The van der Waals surface area contributed by atoms with Crippen LogP contribution in [-0.4, -0.2) is 40.8 Å². The highest BCUT2D eigenvalue weighted by molar-refractivity contribution is 6.18. The van der Waals surface area contributed by atoms with E-state index >= 15 is 0 Å². The van der Waals surface area contributed by atoms with E-state index in [1.165, 1.54) is 0 Å². The van der Waals surface area contributed by atoms with Gasteiger partial charge in [0.15, 0.2) is 0 Å². The first kappa shape index (κ1) is 28.7. The van der Waals surface area contributed by atoms with Crippen LogP contribution < -0.4 is 4.74 Å². The predicted molar refractivity (Wildman–Crippen MR) is 140 cm³/mol. The Labute approximate surface area is 208 Å². The molecule has 0 saturated heterocycles. The van der Waals surface area contributed by atoms with Crippen LogP contribution in [0.15, 0.2) is 79.2 Å². The number of carboxylic acids is 1. The highest BCUT2D eigenvalue weighted by atomic mass is 35.5. The summed E-state index contributed by atoms with van der Waals surface area (Å²) in [7, 11) is 0. The smallest absolute Gasteiger partial charge is 0.300 e. The zero-order valence-electron chi connectivity index (χ0n) is 20.2. The van der Waals surface area contributed by atoms with Gasteiger partial charge in [0, 0.05) is 24.9 Å². The van der Waals surface area contributed by atoms with Crippen molar-refractivity contribution in [3.8, 4) is 5.75 Å². The Kier molecular flexibility index (Phi) is 13.8. The normalized spacial score (nSPS) is 10.9. The number of rotatable bonds is 12. The Balaban J connectivity index is 0.00000133. The maximum Gasteiger partial charge on any atom is 0.300 e. The van der Waals surface area contributed by atoms with Crippen molar-refractivity contribution in [3.63, 3.8) is 0 Å². The predicted octanol–water partition coefficient (Wildman–Crippen LogP) is 6.73. The number of carbonyl (C=O) groups excluding carboxylic acids is 1. The van der Waals surface area contributed by atoms with Crippen LogP contribution in [-0.2, 0) is 4.79 Å². The van der Waals surface area contributed by atoms with Crippen molar-refractivity contribution in [2.45, 2.75) is 33.6 Å². The summed E-state index contributed by atoms with van der Waals surface area (Å²) in [4.78, 5) is 23.9. The van der Waals surface area contributed by atoms with Gasteiger partial charge >= 0.3 is 0 Å². The lowest BCUT2D eigenvalue weighted by molar-refractivity contribution is -0.134. The van der Waals surface area contributed by atoms with Gasteiger partial charge in [0.2, 0.25) is 5.78 Å². The van der Waals surface area contributed by atoms with Gasteiger partial charge in [-0.3, -0.25) is 9.59 Å². The Bertz CT molecular complexity index is 976. The summed E-state index contributed by atoms with van der Waals surface area (Å²) >= 11 is 5.87. The lowest BCUT2D eigenvalue weighted by Gasteiger charge is -2.21. The van der Waals surface area contributed by atoms with Crippen LogP contribution in [0.4, 0.5) is 0 Å². The summed E-state index contributed by atoms with van der Waals surface area (Å²) < 4.78 is 5.69. The molecule has 0 aliphatic carbocycles. The number of carbonyl (C=O) groups is 2. The molecule has 5 nitrogen and oxygen atoms in total. The van der Waals surface area contributed by atoms with Crippen molar-refractivity contribution in [2.24, 2.45) is 0 Å². The lowest BCUT2D eigenvalue weighted by Crippen LogP contribution is -2.23. The van der Waals surface area contributed by atoms with Gasteiger partial charge in [-0.25, -0.2) is 0 Å². The molecular formula is C28H34ClNO4. The van der Waals surface area contributed by atoms with Crippen LogP contribution in [0.1, 0.15) is 48.2 Å². The van der Waals surface area contributed by atoms with Gasteiger partial charge in [0.25, 0.3) is 5.97 Å². The van der Waals surface area contributed by atoms with Gasteiger partial charge < -0.3 is 14.7 Å². The second kappa shape index (κ2) is 16.3. The number of aliphatic carboxylic acids is 1. The quantitative estimate of drug-likeness (QED) is 0.206. The van der Waals surface area contributed by atoms with E-state index in [1.54, 1.807) is 6.20 Å². The molecular weight excluding hydrogens is 450 g/mol. The summed E-state index contributed by atoms with van der Waals surface area (Å²) in [5.41, 5.74) is 3.40. The van der Waals surface area contributed by atoms with E-state index in [0.29, 0.717) is 36.7 Å². The van der Waals surface area contributed by atoms with Crippen LogP contribution in [0.25, 0.3) is 6.08 Å². The fourth-order valence-electron chi connectivity index (χ4n) is 2.89. The maximum atomic E-state index is 13.1. The molecule has 0 aliphatic rings. The molecule has 0 heterocycles. The Morgan fingerprint density at radius 2 is 1.85 bits per heavy atom.